The first-order valence-electron chi connectivity index (χ1n) is 11.8. The van der Waals surface area contributed by atoms with Crippen molar-refractivity contribution >= 4 is 5.91 Å². The summed E-state index contributed by atoms with van der Waals surface area (Å²) in [5.74, 6) is 0.347. The summed E-state index contributed by atoms with van der Waals surface area (Å²) in [4.78, 5) is 21.9. The minimum Gasteiger partial charge on any atom is -0.352 e. The van der Waals surface area contributed by atoms with Gasteiger partial charge in [0.1, 0.15) is 0 Å². The maximum Gasteiger partial charge on any atom is 0.223 e. The van der Waals surface area contributed by atoms with Crippen molar-refractivity contribution in [3.05, 3.63) is 48.5 Å². The van der Waals surface area contributed by atoms with Crippen LogP contribution in [0, 0.1) is 5.92 Å². The molecule has 2 aromatic heterocycles. The number of hydrogen-bond donors (Lipinski definition) is 1. The van der Waals surface area contributed by atoms with Crippen LogP contribution in [0.15, 0.2) is 43.0 Å². The molecule has 4 rings (SSSR count). The molecule has 2 saturated heterocycles. The molecule has 2 aliphatic heterocycles. The van der Waals surface area contributed by atoms with E-state index in [9.17, 15) is 4.79 Å². The maximum absolute atomic E-state index is 12.6. The van der Waals surface area contributed by atoms with Gasteiger partial charge in [0, 0.05) is 55.9 Å². The molecule has 2 aliphatic rings. The van der Waals surface area contributed by atoms with Gasteiger partial charge in [0.15, 0.2) is 0 Å². The van der Waals surface area contributed by atoms with Gasteiger partial charge in [-0.05, 0) is 82.9 Å². The van der Waals surface area contributed by atoms with Crippen LogP contribution >= 0.6 is 0 Å². The highest BCUT2D eigenvalue weighted by molar-refractivity contribution is 5.78. The van der Waals surface area contributed by atoms with Gasteiger partial charge >= 0.3 is 0 Å². The average molecular weight is 425 g/mol. The molecule has 0 aliphatic carbocycles. The smallest absolute Gasteiger partial charge is 0.223 e. The Hall–Kier alpha value is -2.25. The monoisotopic (exact) mass is 424 g/mol. The SMILES string of the molecule is CC(CCn1cccn1)N1CCC(N2CCC(C(=O)NCc3cccnc3)CC2)CC1. The number of piperidine rings is 2. The van der Waals surface area contributed by atoms with E-state index in [-0.39, 0.29) is 11.8 Å². The fourth-order valence-electron chi connectivity index (χ4n) is 4.99. The summed E-state index contributed by atoms with van der Waals surface area (Å²) in [5.41, 5.74) is 1.05. The van der Waals surface area contributed by atoms with E-state index in [1.807, 2.05) is 41.5 Å². The van der Waals surface area contributed by atoms with Gasteiger partial charge < -0.3 is 15.1 Å². The van der Waals surface area contributed by atoms with Crippen molar-refractivity contribution in [3.8, 4) is 0 Å². The van der Waals surface area contributed by atoms with E-state index in [2.05, 4.69) is 32.1 Å². The quantitative estimate of drug-likeness (QED) is 0.706. The van der Waals surface area contributed by atoms with E-state index in [1.54, 1.807) is 6.20 Å². The minimum absolute atomic E-state index is 0.148. The van der Waals surface area contributed by atoms with Crippen molar-refractivity contribution in [2.75, 3.05) is 26.2 Å². The van der Waals surface area contributed by atoms with Crippen LogP contribution in [-0.4, -0.2) is 68.7 Å². The predicted octanol–water partition coefficient (Wildman–Crippen LogP) is 2.55. The number of carbonyl (C=O) groups is 1. The normalized spacial score (nSPS) is 20.5. The lowest BCUT2D eigenvalue weighted by Gasteiger charge is -2.43. The zero-order valence-electron chi connectivity index (χ0n) is 18.7. The third-order valence-electron chi connectivity index (χ3n) is 7.06. The number of nitrogens with zero attached hydrogens (tertiary/aromatic N) is 5. The fourth-order valence-corrected chi connectivity index (χ4v) is 4.99. The molecule has 0 spiro atoms. The molecule has 0 bridgehead atoms. The van der Waals surface area contributed by atoms with Crippen LogP contribution in [-0.2, 0) is 17.9 Å². The molecule has 7 nitrogen and oxygen atoms in total. The van der Waals surface area contributed by atoms with E-state index in [1.165, 1.54) is 25.9 Å². The zero-order valence-corrected chi connectivity index (χ0v) is 18.7. The third kappa shape index (κ3) is 6.14. The van der Waals surface area contributed by atoms with E-state index >= 15 is 0 Å². The Labute approximate surface area is 185 Å². The second-order valence-corrected chi connectivity index (χ2v) is 9.06. The summed E-state index contributed by atoms with van der Waals surface area (Å²) in [7, 11) is 0. The first kappa shape index (κ1) is 22.0. The van der Waals surface area contributed by atoms with Gasteiger partial charge in [-0.15, -0.1) is 0 Å². The Morgan fingerprint density at radius 2 is 1.94 bits per heavy atom. The number of nitrogens with one attached hydrogen (secondary N) is 1. The second kappa shape index (κ2) is 10.9. The van der Waals surface area contributed by atoms with Crippen LogP contribution in [0.5, 0.6) is 0 Å². The summed E-state index contributed by atoms with van der Waals surface area (Å²) < 4.78 is 2.03. The number of likely N-dealkylation sites (tertiary alicyclic amines) is 2. The summed E-state index contributed by atoms with van der Waals surface area (Å²) in [5, 5.41) is 7.41. The number of amides is 1. The van der Waals surface area contributed by atoms with Crippen LogP contribution in [0.4, 0.5) is 0 Å². The molecular formula is C24H36N6O. The van der Waals surface area contributed by atoms with Gasteiger partial charge in [0.2, 0.25) is 5.91 Å². The van der Waals surface area contributed by atoms with Crippen LogP contribution in [0.2, 0.25) is 0 Å². The first-order chi connectivity index (χ1) is 15.2. The van der Waals surface area contributed by atoms with Gasteiger partial charge in [-0.2, -0.15) is 5.10 Å². The summed E-state index contributed by atoms with van der Waals surface area (Å²) in [6.07, 6.45) is 13.0. The third-order valence-corrected chi connectivity index (χ3v) is 7.06. The van der Waals surface area contributed by atoms with E-state index < -0.39 is 0 Å². The van der Waals surface area contributed by atoms with Crippen LogP contribution in [0.25, 0.3) is 0 Å². The Bertz CT molecular complexity index is 780. The summed E-state index contributed by atoms with van der Waals surface area (Å²) >= 11 is 0. The van der Waals surface area contributed by atoms with E-state index in [4.69, 9.17) is 0 Å². The number of aryl methyl sites for hydroxylation is 1. The highest BCUT2D eigenvalue weighted by Crippen LogP contribution is 2.25. The molecule has 1 amide bonds. The highest BCUT2D eigenvalue weighted by Gasteiger charge is 2.31. The molecule has 168 valence electrons. The molecule has 0 radical (unpaired) electrons. The van der Waals surface area contributed by atoms with Crippen LogP contribution in [0.3, 0.4) is 0 Å². The van der Waals surface area contributed by atoms with Gasteiger partial charge in [0.05, 0.1) is 0 Å². The van der Waals surface area contributed by atoms with Crippen molar-refractivity contribution in [1.82, 2.24) is 29.9 Å². The fraction of sp³-hybridized carbons (Fsp3) is 0.625. The van der Waals surface area contributed by atoms with Crippen molar-refractivity contribution < 1.29 is 4.79 Å². The van der Waals surface area contributed by atoms with Crippen LogP contribution < -0.4 is 5.32 Å². The molecule has 31 heavy (non-hydrogen) atoms. The van der Waals surface area contributed by atoms with Gasteiger partial charge in [0.25, 0.3) is 0 Å². The van der Waals surface area contributed by atoms with E-state index in [0.717, 1.165) is 44.5 Å². The Morgan fingerprint density at radius 1 is 1.13 bits per heavy atom. The van der Waals surface area contributed by atoms with Gasteiger partial charge in [-0.25, -0.2) is 0 Å². The lowest BCUT2D eigenvalue weighted by atomic mass is 9.92. The molecular weight excluding hydrogens is 388 g/mol. The molecule has 0 aromatic carbocycles. The molecule has 1 atom stereocenters. The molecule has 0 saturated carbocycles. The highest BCUT2D eigenvalue weighted by atomic mass is 16.1. The van der Waals surface area contributed by atoms with E-state index in [0.29, 0.717) is 18.6 Å². The summed E-state index contributed by atoms with van der Waals surface area (Å²) in [6, 6.07) is 7.17. The predicted molar refractivity (Wildman–Crippen MR) is 121 cm³/mol. The van der Waals surface area contributed by atoms with Crippen molar-refractivity contribution in [2.45, 2.75) is 64.2 Å². The van der Waals surface area contributed by atoms with Gasteiger partial charge in [-0.1, -0.05) is 6.07 Å². The molecule has 1 unspecified atom stereocenters. The standard InChI is InChI=1S/C24H36N6O/c1-20(5-17-30-12-3-11-27-30)28-15-8-23(9-16-28)29-13-6-22(7-14-29)24(31)26-19-21-4-2-10-25-18-21/h2-4,10-12,18,20,22-23H,5-9,13-17,19H2,1H3,(H,26,31). The Morgan fingerprint density at radius 3 is 2.61 bits per heavy atom. The molecule has 4 heterocycles. The summed E-state index contributed by atoms with van der Waals surface area (Å²) in [6.45, 7) is 8.36. The topological polar surface area (TPSA) is 66.3 Å². The Kier molecular flexibility index (Phi) is 7.70. The molecule has 1 N–H and O–H groups in total. The van der Waals surface area contributed by atoms with Gasteiger partial charge in [-0.3, -0.25) is 14.5 Å². The van der Waals surface area contributed by atoms with Crippen molar-refractivity contribution in [1.29, 1.82) is 0 Å². The lowest BCUT2D eigenvalue weighted by molar-refractivity contribution is -0.126. The maximum atomic E-state index is 12.6. The van der Waals surface area contributed by atoms with Crippen LogP contribution in [0.1, 0.15) is 44.6 Å². The average Bonchev–Trinajstić information content (AvgIpc) is 3.36. The number of pyridine rings is 1. The van der Waals surface area contributed by atoms with Crippen molar-refractivity contribution in [3.63, 3.8) is 0 Å². The molecule has 2 fully saturated rings. The van der Waals surface area contributed by atoms with Crippen molar-refractivity contribution in [2.24, 2.45) is 5.92 Å². The molecule has 2 aromatic rings. The second-order valence-electron chi connectivity index (χ2n) is 9.06. The number of rotatable bonds is 8. The first-order valence-corrected chi connectivity index (χ1v) is 11.8. The largest absolute Gasteiger partial charge is 0.352 e. The number of hydrogen-bond acceptors (Lipinski definition) is 5. The number of carbonyl (C=O) groups excluding carboxylic acids is 1. The minimum atomic E-state index is 0.148. The number of aromatic nitrogens is 3. The molecule has 7 heteroatoms. The lowest BCUT2D eigenvalue weighted by Crippen LogP contribution is -2.50. The Balaban J connectivity index is 1.14. The zero-order chi connectivity index (χ0) is 21.5.